The molecule has 2 fully saturated rings. The van der Waals surface area contributed by atoms with Crippen molar-refractivity contribution in [1.29, 1.82) is 0 Å². The molecule has 190 valence electrons. The highest BCUT2D eigenvalue weighted by atomic mass is 19.4. The van der Waals surface area contributed by atoms with Gasteiger partial charge in [-0.05, 0) is 42.3 Å². The lowest BCUT2D eigenvalue weighted by Crippen LogP contribution is -2.59. The summed E-state index contributed by atoms with van der Waals surface area (Å²) in [4.78, 5) is 20.3. The van der Waals surface area contributed by atoms with Gasteiger partial charge in [-0.25, -0.2) is 13.6 Å². The first-order valence-electron chi connectivity index (χ1n) is 11.3. The summed E-state index contributed by atoms with van der Waals surface area (Å²) < 4.78 is 72.2. The predicted molar refractivity (Wildman–Crippen MR) is 116 cm³/mol. The van der Waals surface area contributed by atoms with Gasteiger partial charge in [0.15, 0.2) is 0 Å². The van der Waals surface area contributed by atoms with Crippen molar-refractivity contribution in [3.05, 3.63) is 71.1 Å². The molecule has 0 radical (unpaired) electrons. The topological polar surface area (TPSA) is 82.7 Å². The van der Waals surface area contributed by atoms with E-state index in [9.17, 15) is 31.9 Å². The van der Waals surface area contributed by atoms with Gasteiger partial charge in [0.2, 0.25) is 11.7 Å². The van der Waals surface area contributed by atoms with Gasteiger partial charge in [-0.2, -0.15) is 18.2 Å². The number of β-amino-alcohol motifs (C(OH)–C–C–N with tert-alkyl or cyclic N) is 1. The Morgan fingerprint density at radius 2 is 1.64 bits per heavy atom. The number of halogens is 5. The second kappa shape index (κ2) is 9.16. The van der Waals surface area contributed by atoms with Gasteiger partial charge in [0.1, 0.15) is 11.6 Å². The molecule has 3 heterocycles. The zero-order valence-corrected chi connectivity index (χ0v) is 18.8. The van der Waals surface area contributed by atoms with Crippen LogP contribution in [0.3, 0.4) is 0 Å². The number of aliphatic hydroxyl groups is 1. The minimum absolute atomic E-state index is 0.103. The second-order valence-electron chi connectivity index (χ2n) is 9.08. The van der Waals surface area contributed by atoms with Gasteiger partial charge in [-0.15, -0.1) is 0 Å². The highest BCUT2D eigenvalue weighted by Gasteiger charge is 2.39. The van der Waals surface area contributed by atoms with Crippen LogP contribution in [0.4, 0.5) is 26.7 Å². The van der Waals surface area contributed by atoms with E-state index in [1.54, 1.807) is 0 Å². The predicted octanol–water partition coefficient (Wildman–Crippen LogP) is 4.40. The number of alkyl halides is 3. The molecule has 12 heteroatoms. The summed E-state index contributed by atoms with van der Waals surface area (Å²) in [5.41, 5.74) is -0.354. The van der Waals surface area contributed by atoms with Crippen LogP contribution in [0, 0.1) is 11.6 Å². The van der Waals surface area contributed by atoms with Gasteiger partial charge < -0.3 is 19.4 Å². The largest absolute Gasteiger partial charge is 0.416 e. The van der Waals surface area contributed by atoms with Crippen molar-refractivity contribution >= 4 is 6.03 Å². The number of urea groups is 1. The molecule has 0 spiro atoms. The van der Waals surface area contributed by atoms with Crippen molar-refractivity contribution < 1.29 is 36.4 Å². The molecule has 0 saturated carbocycles. The van der Waals surface area contributed by atoms with Crippen LogP contribution in [0.2, 0.25) is 0 Å². The maximum atomic E-state index is 14.2. The molecule has 0 aliphatic carbocycles. The Balaban J connectivity index is 1.43. The van der Waals surface area contributed by atoms with Crippen LogP contribution in [-0.4, -0.2) is 63.4 Å². The molecule has 0 bridgehead atoms. The zero-order chi connectivity index (χ0) is 25.6. The van der Waals surface area contributed by atoms with Gasteiger partial charge in [-0.3, -0.25) is 0 Å². The Hall–Kier alpha value is -3.54. The van der Waals surface area contributed by atoms with E-state index in [2.05, 4.69) is 10.1 Å². The van der Waals surface area contributed by atoms with Gasteiger partial charge >= 0.3 is 12.2 Å². The summed E-state index contributed by atoms with van der Waals surface area (Å²) in [7, 11) is 0. The number of nitrogens with zero attached hydrogens (tertiary/aromatic N) is 4. The Bertz CT molecular complexity index is 1260. The van der Waals surface area contributed by atoms with Crippen LogP contribution in [0.5, 0.6) is 0 Å². The third-order valence-corrected chi connectivity index (χ3v) is 6.52. The van der Waals surface area contributed by atoms with Crippen molar-refractivity contribution in [2.75, 3.05) is 26.2 Å². The third kappa shape index (κ3) is 4.77. The summed E-state index contributed by atoms with van der Waals surface area (Å²) in [5.74, 6) is -2.30. The molecule has 2 aromatic carbocycles. The molecule has 1 aromatic heterocycles. The fourth-order valence-electron chi connectivity index (χ4n) is 4.61. The van der Waals surface area contributed by atoms with Crippen molar-refractivity contribution in [2.24, 2.45) is 0 Å². The monoisotopic (exact) mass is 508 g/mol. The summed E-state index contributed by atoms with van der Waals surface area (Å²) in [6.07, 6.45) is -4.69. The van der Waals surface area contributed by atoms with Crippen LogP contribution in [-0.2, 0) is 6.18 Å². The molecule has 2 aliphatic heterocycles. The molecule has 2 aliphatic rings. The number of amides is 2. The summed E-state index contributed by atoms with van der Waals surface area (Å²) in [6, 6.07) is 7.29. The Kier molecular flexibility index (Phi) is 6.15. The maximum Gasteiger partial charge on any atom is 0.416 e. The third-order valence-electron chi connectivity index (χ3n) is 6.52. The lowest BCUT2D eigenvalue weighted by Gasteiger charge is -2.43. The maximum absolute atomic E-state index is 14.2. The van der Waals surface area contributed by atoms with E-state index in [0.29, 0.717) is 12.0 Å². The molecular weight excluding hydrogens is 487 g/mol. The van der Waals surface area contributed by atoms with Crippen LogP contribution in [0.25, 0.3) is 11.4 Å². The number of hydrogen-bond donors (Lipinski definition) is 1. The average Bonchev–Trinajstić information content (AvgIpc) is 3.32. The highest BCUT2D eigenvalue weighted by Crippen LogP contribution is 2.38. The number of benzene rings is 2. The molecule has 2 atom stereocenters. The highest BCUT2D eigenvalue weighted by molar-refractivity contribution is 5.75. The fourth-order valence-corrected chi connectivity index (χ4v) is 4.61. The van der Waals surface area contributed by atoms with E-state index in [-0.39, 0.29) is 55.4 Å². The quantitative estimate of drug-likeness (QED) is 0.531. The Morgan fingerprint density at radius 3 is 2.31 bits per heavy atom. The van der Waals surface area contributed by atoms with Gasteiger partial charge in [0.05, 0.1) is 36.2 Å². The number of hydrogen-bond acceptors (Lipinski definition) is 5. The van der Waals surface area contributed by atoms with E-state index in [1.807, 2.05) is 0 Å². The summed E-state index contributed by atoms with van der Waals surface area (Å²) >= 11 is 0. The first kappa shape index (κ1) is 24.2. The summed E-state index contributed by atoms with van der Waals surface area (Å²) in [6.45, 7) is 0.797. The molecule has 36 heavy (non-hydrogen) atoms. The number of aromatic nitrogens is 2. The zero-order valence-electron chi connectivity index (χ0n) is 18.8. The van der Waals surface area contributed by atoms with Crippen molar-refractivity contribution in [2.45, 2.75) is 30.5 Å². The van der Waals surface area contributed by atoms with E-state index in [0.717, 1.165) is 30.3 Å². The molecule has 2 unspecified atom stereocenters. The minimum atomic E-state index is -4.47. The first-order chi connectivity index (χ1) is 17.1. The SMILES string of the molecule is O=C(N1CC(O)C1)N1CC(c2ccc(C(F)(F)F)cc2)CC(c2nc(-c3cc(F)ccc3F)no2)C1. The normalized spacial score (nSPS) is 20.9. The molecule has 7 nitrogen and oxygen atoms in total. The number of rotatable bonds is 3. The van der Waals surface area contributed by atoms with Gasteiger partial charge in [-0.1, -0.05) is 17.3 Å². The van der Waals surface area contributed by atoms with E-state index in [4.69, 9.17) is 4.52 Å². The van der Waals surface area contributed by atoms with Crippen LogP contribution in [0.15, 0.2) is 47.0 Å². The number of piperidine rings is 1. The molecule has 1 N–H and O–H groups in total. The fraction of sp³-hybridized carbons (Fsp3) is 0.375. The van der Waals surface area contributed by atoms with Crippen molar-refractivity contribution in [3.8, 4) is 11.4 Å². The van der Waals surface area contributed by atoms with Crippen LogP contribution in [0.1, 0.15) is 35.3 Å². The van der Waals surface area contributed by atoms with Crippen LogP contribution >= 0.6 is 0 Å². The number of likely N-dealkylation sites (tertiary alicyclic amines) is 2. The lowest BCUT2D eigenvalue weighted by atomic mass is 9.84. The molecule has 2 saturated heterocycles. The molecule has 3 aromatic rings. The number of aliphatic hydroxyl groups excluding tert-OH is 1. The van der Waals surface area contributed by atoms with Crippen LogP contribution < -0.4 is 0 Å². The standard InChI is InChI=1S/C24H21F5N4O3/c25-17-5-6-20(26)19(8-17)21-30-22(36-31-21)15-7-14(13-1-3-16(4-2-13)24(27,28)29)9-32(10-15)23(35)33-11-18(34)12-33/h1-6,8,14-15,18,34H,7,9-12H2. The molecule has 5 rings (SSSR count). The van der Waals surface area contributed by atoms with Gasteiger partial charge in [0.25, 0.3) is 0 Å². The lowest BCUT2D eigenvalue weighted by molar-refractivity contribution is -0.137. The minimum Gasteiger partial charge on any atom is -0.389 e. The van der Waals surface area contributed by atoms with Crippen molar-refractivity contribution in [3.63, 3.8) is 0 Å². The Labute approximate surface area is 202 Å². The van der Waals surface area contributed by atoms with Gasteiger partial charge in [0, 0.05) is 19.0 Å². The second-order valence-corrected chi connectivity index (χ2v) is 9.08. The van der Waals surface area contributed by atoms with E-state index >= 15 is 0 Å². The van der Waals surface area contributed by atoms with E-state index < -0.39 is 35.4 Å². The molecular formula is C24H21F5N4O3. The smallest absolute Gasteiger partial charge is 0.389 e. The molecule has 2 amide bonds. The summed E-state index contributed by atoms with van der Waals surface area (Å²) in [5, 5.41) is 13.4. The van der Waals surface area contributed by atoms with E-state index in [1.165, 1.54) is 21.9 Å². The number of carbonyl (C=O) groups excluding carboxylic acids is 1. The Morgan fingerprint density at radius 1 is 0.972 bits per heavy atom. The first-order valence-corrected chi connectivity index (χ1v) is 11.3. The van der Waals surface area contributed by atoms with Crippen molar-refractivity contribution in [1.82, 2.24) is 19.9 Å². The number of carbonyl (C=O) groups is 1. The average molecular weight is 508 g/mol.